The van der Waals surface area contributed by atoms with E-state index in [1.807, 2.05) is 12.3 Å². The maximum atomic E-state index is 6.55. The van der Waals surface area contributed by atoms with E-state index in [2.05, 4.69) is 67.8 Å². The van der Waals surface area contributed by atoms with Gasteiger partial charge in [0, 0.05) is 74.3 Å². The maximum Gasteiger partial charge on any atom is 0.104 e. The first-order valence-electron chi connectivity index (χ1n) is 10.6. The van der Waals surface area contributed by atoms with Crippen LogP contribution in [0.2, 0.25) is 0 Å². The molecule has 31 heavy (non-hydrogen) atoms. The van der Waals surface area contributed by atoms with E-state index in [9.17, 15) is 0 Å². The molecule has 3 aromatic rings. The van der Waals surface area contributed by atoms with Crippen molar-refractivity contribution in [3.05, 3.63) is 93.0 Å². The standard InChI is InChI=1S/C26H28ClO2S.Y/c1-26(2,20-7-4-3-5-8-20)21-15-22(29-17-21)11-12-24-19(10-13-25(24)27)16-28-18-23-9-6-14-30-23;/h3-9,13,15,17,19,24H,10-12,16,18H2,1-2H3;/q-1;/t19-,24-;/m1./s1. The quantitative estimate of drug-likeness (QED) is 0.270. The summed E-state index contributed by atoms with van der Waals surface area (Å²) in [5, 5.41) is 4.08. The van der Waals surface area contributed by atoms with Gasteiger partial charge in [0.25, 0.3) is 0 Å². The number of hydrogen-bond donors (Lipinski definition) is 0. The molecule has 0 bridgehead atoms. The Morgan fingerprint density at radius 3 is 2.74 bits per heavy atom. The SMILES string of the molecule is CC(C)(c1ccccc1)c1coc(CC[C@H]2C(Cl)=CC[C@@H]2COCc2cc[c-]s2)c1.[Y]. The Labute approximate surface area is 219 Å². The van der Waals surface area contributed by atoms with Gasteiger partial charge in [0.05, 0.1) is 6.26 Å². The van der Waals surface area contributed by atoms with Crippen molar-refractivity contribution >= 4 is 22.9 Å². The van der Waals surface area contributed by atoms with Crippen LogP contribution in [-0.2, 0) is 55.9 Å². The number of halogens is 1. The molecule has 1 aromatic carbocycles. The van der Waals surface area contributed by atoms with E-state index in [1.165, 1.54) is 16.0 Å². The molecule has 5 heteroatoms. The van der Waals surface area contributed by atoms with E-state index < -0.39 is 0 Å². The first-order valence-corrected chi connectivity index (χ1v) is 11.7. The number of ether oxygens (including phenoxy) is 1. The topological polar surface area (TPSA) is 22.4 Å². The summed E-state index contributed by atoms with van der Waals surface area (Å²) in [6.07, 6.45) is 6.92. The molecule has 2 aromatic heterocycles. The predicted octanol–water partition coefficient (Wildman–Crippen LogP) is 7.37. The zero-order valence-electron chi connectivity index (χ0n) is 18.1. The van der Waals surface area contributed by atoms with Gasteiger partial charge in [-0.25, -0.2) is 0 Å². The third-order valence-electron chi connectivity index (χ3n) is 6.22. The minimum absolute atomic E-state index is 0. The summed E-state index contributed by atoms with van der Waals surface area (Å²) in [4.78, 5) is 1.22. The van der Waals surface area contributed by atoms with Gasteiger partial charge in [0.1, 0.15) is 5.76 Å². The van der Waals surface area contributed by atoms with E-state index in [1.54, 1.807) is 11.3 Å². The third-order valence-corrected chi connectivity index (χ3v) is 7.42. The molecule has 0 saturated carbocycles. The molecule has 2 atom stereocenters. The zero-order valence-corrected chi connectivity index (χ0v) is 22.6. The molecule has 0 fully saturated rings. The Hall–Kier alpha value is -0.706. The van der Waals surface area contributed by atoms with E-state index in [0.29, 0.717) is 18.4 Å². The summed E-state index contributed by atoms with van der Waals surface area (Å²) in [6.45, 7) is 5.88. The molecule has 1 aliphatic carbocycles. The normalized spacial score (nSPS) is 18.6. The first-order chi connectivity index (χ1) is 14.5. The molecule has 0 saturated heterocycles. The van der Waals surface area contributed by atoms with Crippen LogP contribution in [0.25, 0.3) is 0 Å². The van der Waals surface area contributed by atoms with Crippen LogP contribution in [0.5, 0.6) is 0 Å². The molecule has 0 aliphatic heterocycles. The average Bonchev–Trinajstić information content (AvgIpc) is 3.50. The Bertz CT molecular complexity index is 962. The van der Waals surface area contributed by atoms with Gasteiger partial charge in [-0.1, -0.05) is 61.9 Å². The van der Waals surface area contributed by atoms with Gasteiger partial charge in [-0.15, -0.1) is 10.3 Å². The fourth-order valence-electron chi connectivity index (χ4n) is 4.18. The van der Waals surface area contributed by atoms with Crippen molar-refractivity contribution < 1.29 is 41.9 Å². The van der Waals surface area contributed by atoms with Crippen molar-refractivity contribution in [1.29, 1.82) is 0 Å². The Morgan fingerprint density at radius 2 is 2.00 bits per heavy atom. The van der Waals surface area contributed by atoms with Crippen LogP contribution in [-0.4, -0.2) is 6.61 Å². The molecule has 1 aliphatic rings. The van der Waals surface area contributed by atoms with Crippen LogP contribution in [0.3, 0.4) is 0 Å². The number of furan rings is 1. The number of allylic oxidation sites excluding steroid dienone is 2. The summed E-state index contributed by atoms with van der Waals surface area (Å²) in [5.74, 6) is 1.81. The van der Waals surface area contributed by atoms with Crippen molar-refractivity contribution in [2.75, 3.05) is 6.61 Å². The Morgan fingerprint density at radius 1 is 1.19 bits per heavy atom. The molecule has 0 unspecified atom stereocenters. The second kappa shape index (κ2) is 11.4. The van der Waals surface area contributed by atoms with E-state index in [0.717, 1.165) is 36.7 Å². The number of rotatable bonds is 9. The number of aryl methyl sites for hydroxylation is 1. The van der Waals surface area contributed by atoms with Crippen LogP contribution >= 0.6 is 22.9 Å². The second-order valence-corrected chi connectivity index (χ2v) is 9.96. The molecule has 0 N–H and O–H groups in total. The Kier molecular flexibility index (Phi) is 9.19. The van der Waals surface area contributed by atoms with Crippen LogP contribution < -0.4 is 0 Å². The third kappa shape index (κ3) is 6.21. The Balaban J connectivity index is 0.00000272. The fraction of sp³-hybridized carbons (Fsp3) is 0.385. The van der Waals surface area contributed by atoms with Crippen LogP contribution in [0.4, 0.5) is 0 Å². The average molecular weight is 529 g/mol. The van der Waals surface area contributed by atoms with E-state index in [-0.39, 0.29) is 38.1 Å². The number of hydrogen-bond acceptors (Lipinski definition) is 3. The molecule has 1 radical (unpaired) electrons. The van der Waals surface area contributed by atoms with Crippen molar-refractivity contribution in [2.24, 2.45) is 11.8 Å². The molecular weight excluding hydrogens is 501 g/mol. The van der Waals surface area contributed by atoms with Gasteiger partial charge >= 0.3 is 0 Å². The van der Waals surface area contributed by atoms with Crippen molar-refractivity contribution in [3.63, 3.8) is 0 Å². The predicted molar refractivity (Wildman–Crippen MR) is 124 cm³/mol. The minimum Gasteiger partial charge on any atom is -0.469 e. The number of thiophene rings is 1. The van der Waals surface area contributed by atoms with Crippen molar-refractivity contribution in [1.82, 2.24) is 0 Å². The fourth-order valence-corrected chi connectivity index (χ4v) is 5.12. The largest absolute Gasteiger partial charge is 0.469 e. The monoisotopic (exact) mass is 528 g/mol. The van der Waals surface area contributed by atoms with Crippen LogP contribution in [0.15, 0.2) is 70.3 Å². The summed E-state index contributed by atoms with van der Waals surface area (Å²) >= 11 is 8.16. The summed E-state index contributed by atoms with van der Waals surface area (Å²) in [7, 11) is 0. The van der Waals surface area contributed by atoms with Gasteiger partial charge in [-0.3, -0.25) is 11.3 Å². The maximum absolute atomic E-state index is 6.55. The second-order valence-electron chi connectivity index (χ2n) is 8.56. The van der Waals surface area contributed by atoms with Crippen molar-refractivity contribution in [2.45, 2.75) is 45.1 Å². The van der Waals surface area contributed by atoms with E-state index in [4.69, 9.17) is 20.8 Å². The van der Waals surface area contributed by atoms with Crippen LogP contribution in [0, 0.1) is 17.2 Å². The molecule has 161 valence electrons. The molecule has 0 amide bonds. The summed E-state index contributed by atoms with van der Waals surface area (Å²) < 4.78 is 11.9. The molecule has 2 heterocycles. The zero-order chi connectivity index (χ0) is 21.0. The van der Waals surface area contributed by atoms with Crippen LogP contribution in [0.1, 0.15) is 48.5 Å². The molecule has 2 nitrogen and oxygen atoms in total. The summed E-state index contributed by atoms with van der Waals surface area (Å²) in [5.41, 5.74) is 2.42. The molecular formula is C26H28ClO2SY-. The van der Waals surface area contributed by atoms with Gasteiger partial charge < -0.3 is 9.15 Å². The van der Waals surface area contributed by atoms with Gasteiger partial charge in [0.15, 0.2) is 0 Å². The molecule has 4 rings (SSSR count). The van der Waals surface area contributed by atoms with Gasteiger partial charge in [-0.05, 0) is 30.4 Å². The molecule has 0 spiro atoms. The van der Waals surface area contributed by atoms with Crippen molar-refractivity contribution in [3.8, 4) is 0 Å². The van der Waals surface area contributed by atoms with Gasteiger partial charge in [-0.2, -0.15) is 12.1 Å². The number of benzene rings is 1. The van der Waals surface area contributed by atoms with E-state index >= 15 is 0 Å². The first kappa shape index (κ1) is 24.9. The smallest absolute Gasteiger partial charge is 0.104 e. The minimum atomic E-state index is -0.0798. The summed E-state index contributed by atoms with van der Waals surface area (Å²) in [6, 6.07) is 16.8. The van der Waals surface area contributed by atoms with Gasteiger partial charge in [0.2, 0.25) is 0 Å².